The first-order valence-electron chi connectivity index (χ1n) is 5.78. The average molecular weight is 298 g/mol. The highest BCUT2D eigenvalue weighted by Gasteiger charge is 2.17. The SMILES string of the molecule is Cn1ccc(CCNS(=O)(=O)c2c[nH]c(C(=O)O)c2)n1. The first-order chi connectivity index (χ1) is 9.38. The summed E-state index contributed by atoms with van der Waals surface area (Å²) in [5.74, 6) is -1.21. The molecule has 2 aromatic heterocycles. The van der Waals surface area contributed by atoms with Crippen LogP contribution >= 0.6 is 0 Å². The lowest BCUT2D eigenvalue weighted by atomic mass is 10.3. The lowest BCUT2D eigenvalue weighted by molar-refractivity contribution is 0.0691. The normalized spacial score (nSPS) is 11.7. The van der Waals surface area contributed by atoms with Crippen LogP contribution in [0.15, 0.2) is 29.4 Å². The van der Waals surface area contributed by atoms with Gasteiger partial charge in [-0.25, -0.2) is 17.9 Å². The third kappa shape index (κ3) is 3.25. The van der Waals surface area contributed by atoms with Gasteiger partial charge in [0.15, 0.2) is 0 Å². The van der Waals surface area contributed by atoms with Crippen LogP contribution in [0.25, 0.3) is 0 Å². The van der Waals surface area contributed by atoms with Crippen LogP contribution in [0.2, 0.25) is 0 Å². The number of carboxylic acids is 1. The van der Waals surface area contributed by atoms with Crippen molar-refractivity contribution in [2.75, 3.05) is 6.54 Å². The maximum absolute atomic E-state index is 11.9. The summed E-state index contributed by atoms with van der Waals surface area (Å²) >= 11 is 0. The number of rotatable bonds is 6. The number of hydrogen-bond donors (Lipinski definition) is 3. The molecule has 9 heteroatoms. The minimum absolute atomic E-state index is 0.101. The number of carboxylic acid groups (broad SMARTS) is 1. The fourth-order valence-electron chi connectivity index (χ4n) is 1.65. The molecule has 0 spiro atoms. The number of aromatic amines is 1. The van der Waals surface area contributed by atoms with Crippen molar-refractivity contribution in [3.63, 3.8) is 0 Å². The topological polar surface area (TPSA) is 117 Å². The second-order valence-electron chi connectivity index (χ2n) is 4.18. The van der Waals surface area contributed by atoms with E-state index >= 15 is 0 Å². The van der Waals surface area contributed by atoms with E-state index in [9.17, 15) is 13.2 Å². The predicted octanol–water partition coefficient (Wildman–Crippen LogP) is -0.0326. The van der Waals surface area contributed by atoms with Gasteiger partial charge in [0.2, 0.25) is 10.0 Å². The molecule has 2 rings (SSSR count). The molecule has 20 heavy (non-hydrogen) atoms. The summed E-state index contributed by atoms with van der Waals surface area (Å²) in [6.45, 7) is 0.187. The Morgan fingerprint density at radius 1 is 1.55 bits per heavy atom. The zero-order valence-electron chi connectivity index (χ0n) is 10.7. The largest absolute Gasteiger partial charge is 0.477 e. The van der Waals surface area contributed by atoms with E-state index in [-0.39, 0.29) is 17.1 Å². The van der Waals surface area contributed by atoms with Gasteiger partial charge in [0.1, 0.15) is 10.6 Å². The average Bonchev–Trinajstić information content (AvgIpc) is 2.98. The summed E-state index contributed by atoms with van der Waals surface area (Å²) < 4.78 is 27.9. The van der Waals surface area contributed by atoms with Crippen LogP contribution in [-0.4, -0.2) is 40.8 Å². The van der Waals surface area contributed by atoms with E-state index in [0.29, 0.717) is 6.42 Å². The highest BCUT2D eigenvalue weighted by atomic mass is 32.2. The Kier molecular flexibility index (Phi) is 3.91. The molecule has 0 radical (unpaired) electrons. The zero-order valence-corrected chi connectivity index (χ0v) is 11.5. The molecule has 8 nitrogen and oxygen atoms in total. The standard InChI is InChI=1S/C11H14N4O4S/c1-15-5-3-8(14-15)2-4-13-20(18,19)9-6-10(11(16)17)12-7-9/h3,5-7,12-13H,2,4H2,1H3,(H,16,17). The number of sulfonamides is 1. The minimum Gasteiger partial charge on any atom is -0.477 e. The molecule has 2 heterocycles. The lowest BCUT2D eigenvalue weighted by Gasteiger charge is -2.03. The molecule has 3 N–H and O–H groups in total. The molecule has 0 saturated heterocycles. The Balaban J connectivity index is 1.98. The van der Waals surface area contributed by atoms with Crippen molar-refractivity contribution in [3.8, 4) is 0 Å². The highest BCUT2D eigenvalue weighted by molar-refractivity contribution is 7.89. The number of aromatic carboxylic acids is 1. The van der Waals surface area contributed by atoms with E-state index in [0.717, 1.165) is 18.0 Å². The molecule has 0 aliphatic carbocycles. The van der Waals surface area contributed by atoms with Crippen molar-refractivity contribution in [1.82, 2.24) is 19.5 Å². The Bertz CT molecular complexity index is 716. The van der Waals surface area contributed by atoms with Gasteiger partial charge in [-0.05, 0) is 12.1 Å². The molecule has 0 aliphatic heterocycles. The molecule has 0 atom stereocenters. The van der Waals surface area contributed by atoms with Crippen molar-refractivity contribution in [2.24, 2.45) is 7.05 Å². The quantitative estimate of drug-likeness (QED) is 0.692. The summed E-state index contributed by atoms with van der Waals surface area (Å²) in [5, 5.41) is 12.9. The smallest absolute Gasteiger partial charge is 0.352 e. The third-order valence-corrected chi connectivity index (χ3v) is 4.08. The highest BCUT2D eigenvalue weighted by Crippen LogP contribution is 2.10. The van der Waals surface area contributed by atoms with E-state index in [1.54, 1.807) is 24.0 Å². The van der Waals surface area contributed by atoms with Crippen LogP contribution in [0.3, 0.4) is 0 Å². The van der Waals surface area contributed by atoms with Crippen LogP contribution in [0.1, 0.15) is 16.2 Å². The maximum atomic E-state index is 11.9. The molecule has 0 bridgehead atoms. The number of H-pyrrole nitrogens is 1. The Morgan fingerprint density at radius 3 is 2.85 bits per heavy atom. The number of hydrogen-bond acceptors (Lipinski definition) is 4. The van der Waals surface area contributed by atoms with E-state index in [2.05, 4.69) is 14.8 Å². The fraction of sp³-hybridized carbons (Fsp3) is 0.273. The van der Waals surface area contributed by atoms with Crippen molar-refractivity contribution in [2.45, 2.75) is 11.3 Å². The van der Waals surface area contributed by atoms with Crippen LogP contribution in [0.4, 0.5) is 0 Å². The fourth-order valence-corrected chi connectivity index (χ4v) is 2.67. The minimum atomic E-state index is -3.72. The molecule has 0 aliphatic rings. The van der Waals surface area contributed by atoms with Gasteiger partial charge < -0.3 is 10.1 Å². The lowest BCUT2D eigenvalue weighted by Crippen LogP contribution is -2.25. The van der Waals surface area contributed by atoms with E-state index in [4.69, 9.17) is 5.11 Å². The summed E-state index contributed by atoms with van der Waals surface area (Å²) in [6, 6.07) is 2.87. The molecule has 0 fully saturated rings. The van der Waals surface area contributed by atoms with Gasteiger partial charge in [-0.3, -0.25) is 4.68 Å². The summed E-state index contributed by atoms with van der Waals surface area (Å²) in [7, 11) is -1.94. The first kappa shape index (κ1) is 14.3. The van der Waals surface area contributed by atoms with Crippen LogP contribution in [0, 0.1) is 0 Å². The van der Waals surface area contributed by atoms with E-state index in [1.165, 1.54) is 0 Å². The number of nitrogens with one attached hydrogen (secondary N) is 2. The second kappa shape index (κ2) is 5.47. The maximum Gasteiger partial charge on any atom is 0.352 e. The summed E-state index contributed by atoms with van der Waals surface area (Å²) in [6.07, 6.45) is 3.37. The van der Waals surface area contributed by atoms with Crippen molar-refractivity contribution < 1.29 is 18.3 Å². The van der Waals surface area contributed by atoms with Gasteiger partial charge in [-0.2, -0.15) is 5.10 Å². The molecule has 108 valence electrons. The van der Waals surface area contributed by atoms with Gasteiger partial charge in [-0.1, -0.05) is 0 Å². The van der Waals surface area contributed by atoms with Crippen molar-refractivity contribution in [3.05, 3.63) is 35.9 Å². The zero-order chi connectivity index (χ0) is 14.8. The van der Waals surface area contributed by atoms with E-state index < -0.39 is 16.0 Å². The Labute approximate surface area is 115 Å². The third-order valence-electron chi connectivity index (χ3n) is 2.64. The van der Waals surface area contributed by atoms with Gasteiger partial charge in [0.25, 0.3) is 0 Å². The van der Waals surface area contributed by atoms with Gasteiger partial charge in [-0.15, -0.1) is 0 Å². The molecule has 0 aromatic carbocycles. The molecule has 0 unspecified atom stereocenters. The number of carbonyl (C=O) groups is 1. The molecule has 2 aromatic rings. The van der Waals surface area contributed by atoms with E-state index in [1.807, 2.05) is 0 Å². The predicted molar refractivity (Wildman–Crippen MR) is 69.9 cm³/mol. The Hall–Kier alpha value is -2.13. The van der Waals surface area contributed by atoms with Gasteiger partial charge in [0, 0.05) is 32.4 Å². The molecule has 0 saturated carbocycles. The second-order valence-corrected chi connectivity index (χ2v) is 5.95. The number of aryl methyl sites for hydroxylation is 1. The van der Waals surface area contributed by atoms with Crippen molar-refractivity contribution in [1.29, 1.82) is 0 Å². The summed E-state index contributed by atoms with van der Waals surface area (Å²) in [5.41, 5.74) is 0.602. The number of aromatic nitrogens is 3. The van der Waals surface area contributed by atoms with Gasteiger partial charge in [0.05, 0.1) is 5.69 Å². The first-order valence-corrected chi connectivity index (χ1v) is 7.27. The van der Waals surface area contributed by atoms with Crippen LogP contribution < -0.4 is 4.72 Å². The van der Waals surface area contributed by atoms with Crippen LogP contribution in [-0.2, 0) is 23.5 Å². The molecular weight excluding hydrogens is 284 g/mol. The number of nitrogens with zero attached hydrogens (tertiary/aromatic N) is 2. The monoisotopic (exact) mass is 298 g/mol. The van der Waals surface area contributed by atoms with Crippen molar-refractivity contribution >= 4 is 16.0 Å². The van der Waals surface area contributed by atoms with Crippen LogP contribution in [0.5, 0.6) is 0 Å². The van der Waals surface area contributed by atoms with Gasteiger partial charge >= 0.3 is 5.97 Å². The molecule has 0 amide bonds. The summed E-state index contributed by atoms with van der Waals surface area (Å²) in [4.78, 5) is 13.0. The Morgan fingerprint density at radius 2 is 2.30 bits per heavy atom. The molecular formula is C11H14N4O4S.